The van der Waals surface area contributed by atoms with Crippen LogP contribution in [-0.4, -0.2) is 13.7 Å². The number of hydrogen-bond acceptors (Lipinski definition) is 3. The van der Waals surface area contributed by atoms with E-state index in [0.29, 0.717) is 12.8 Å². The predicted octanol–water partition coefficient (Wildman–Crippen LogP) is 2.93. The molecule has 5 heteroatoms. The third-order valence-corrected chi connectivity index (χ3v) is 5.18. The van der Waals surface area contributed by atoms with Crippen LogP contribution in [-0.2, 0) is 9.84 Å². The van der Waals surface area contributed by atoms with Gasteiger partial charge in [-0.15, -0.1) is 0 Å². The van der Waals surface area contributed by atoms with Gasteiger partial charge in [-0.1, -0.05) is 38.8 Å². The van der Waals surface area contributed by atoms with Crippen molar-refractivity contribution in [3.05, 3.63) is 30.1 Å². The maximum absolute atomic E-state index is 13.6. The third kappa shape index (κ3) is 2.70. The van der Waals surface area contributed by atoms with Crippen LogP contribution in [0.5, 0.6) is 0 Å². The molecule has 0 N–H and O–H groups in total. The van der Waals surface area contributed by atoms with Crippen LogP contribution in [0.3, 0.4) is 0 Å². The lowest BCUT2D eigenvalue weighted by atomic mass is 10.0. The molecule has 98 valence electrons. The molecule has 0 saturated carbocycles. The average Bonchev–Trinajstić information content (AvgIpc) is 2.35. The molecule has 0 radical (unpaired) electrons. The Bertz CT molecular complexity index is 544. The highest BCUT2D eigenvalue weighted by Gasteiger charge is 2.34. The molecule has 0 aliphatic carbocycles. The first-order valence-corrected chi connectivity index (χ1v) is 7.41. The Balaban J connectivity index is 3.29. The second-order valence-corrected chi connectivity index (χ2v) is 6.14. The zero-order valence-electron chi connectivity index (χ0n) is 10.4. The first kappa shape index (κ1) is 14.7. The van der Waals surface area contributed by atoms with Crippen LogP contribution in [0.25, 0.3) is 0 Å². The fourth-order valence-electron chi connectivity index (χ4n) is 1.96. The van der Waals surface area contributed by atoms with Crippen molar-refractivity contribution < 1.29 is 12.8 Å². The van der Waals surface area contributed by atoms with Crippen LogP contribution in [0, 0.1) is 23.1 Å². The van der Waals surface area contributed by atoms with Gasteiger partial charge < -0.3 is 0 Å². The zero-order chi connectivity index (χ0) is 13.8. The molecule has 0 amide bonds. The molecular formula is C13H16FNO2S. The maximum Gasteiger partial charge on any atom is 0.197 e. The lowest BCUT2D eigenvalue weighted by Gasteiger charge is -2.19. The summed E-state index contributed by atoms with van der Waals surface area (Å²) in [4.78, 5) is -0.386. The molecular weight excluding hydrogens is 253 g/mol. The van der Waals surface area contributed by atoms with Crippen LogP contribution in [0.4, 0.5) is 4.39 Å². The summed E-state index contributed by atoms with van der Waals surface area (Å²) in [6, 6.07) is 6.99. The van der Waals surface area contributed by atoms with E-state index in [1.165, 1.54) is 18.2 Å². The van der Waals surface area contributed by atoms with Crippen molar-refractivity contribution in [2.24, 2.45) is 5.92 Å². The van der Waals surface area contributed by atoms with Gasteiger partial charge in [0.15, 0.2) is 15.1 Å². The van der Waals surface area contributed by atoms with Crippen LogP contribution < -0.4 is 0 Å². The third-order valence-electron chi connectivity index (χ3n) is 3.08. The van der Waals surface area contributed by atoms with Crippen molar-refractivity contribution >= 4 is 9.84 Å². The largest absolute Gasteiger partial charge is 0.222 e. The second kappa shape index (κ2) is 5.96. The van der Waals surface area contributed by atoms with Crippen molar-refractivity contribution in [3.63, 3.8) is 0 Å². The summed E-state index contributed by atoms with van der Waals surface area (Å²) in [6.07, 6.45) is 1.14. The summed E-state index contributed by atoms with van der Waals surface area (Å²) in [5, 5.41) is 7.90. The van der Waals surface area contributed by atoms with Crippen molar-refractivity contribution in [3.8, 4) is 6.07 Å². The highest BCUT2D eigenvalue weighted by atomic mass is 32.2. The number of nitriles is 1. The van der Waals surface area contributed by atoms with Gasteiger partial charge in [0.2, 0.25) is 0 Å². The van der Waals surface area contributed by atoms with E-state index in [-0.39, 0.29) is 10.8 Å². The normalized spacial score (nSPS) is 13.3. The van der Waals surface area contributed by atoms with E-state index < -0.39 is 20.9 Å². The van der Waals surface area contributed by atoms with Gasteiger partial charge >= 0.3 is 0 Å². The van der Waals surface area contributed by atoms with Gasteiger partial charge in [-0.2, -0.15) is 5.26 Å². The fourth-order valence-corrected chi connectivity index (χ4v) is 3.87. The Morgan fingerprint density at radius 1 is 1.28 bits per heavy atom. The van der Waals surface area contributed by atoms with Crippen molar-refractivity contribution in [1.29, 1.82) is 5.26 Å². The van der Waals surface area contributed by atoms with Gasteiger partial charge in [0.05, 0.1) is 6.07 Å². The van der Waals surface area contributed by atoms with Gasteiger partial charge in [-0.25, -0.2) is 12.8 Å². The number of benzene rings is 1. The Morgan fingerprint density at radius 2 is 1.83 bits per heavy atom. The molecule has 1 unspecified atom stereocenters. The summed E-state index contributed by atoms with van der Waals surface area (Å²) >= 11 is 0. The number of rotatable bonds is 5. The minimum absolute atomic E-state index is 0.278. The quantitative estimate of drug-likeness (QED) is 0.825. The molecule has 0 fully saturated rings. The standard InChI is InChI=1S/C13H16FNO2S/c1-3-10(4-2)13(9-15)18(16,17)12-8-6-5-7-11(12)14/h5-8,10,13H,3-4H2,1-2H3. The molecule has 0 aliphatic rings. The lowest BCUT2D eigenvalue weighted by molar-refractivity contribution is 0.483. The number of nitrogens with zero attached hydrogens (tertiary/aromatic N) is 1. The Kier molecular flexibility index (Phi) is 4.85. The Hall–Kier alpha value is -1.41. The SMILES string of the molecule is CCC(CC)C(C#N)S(=O)(=O)c1ccccc1F. The molecule has 3 nitrogen and oxygen atoms in total. The second-order valence-electron chi connectivity index (χ2n) is 4.10. The molecule has 0 aromatic heterocycles. The zero-order valence-corrected chi connectivity index (χ0v) is 11.2. The molecule has 1 atom stereocenters. The van der Waals surface area contributed by atoms with Crippen LogP contribution in [0.2, 0.25) is 0 Å². The molecule has 0 saturated heterocycles. The molecule has 1 rings (SSSR count). The summed E-state index contributed by atoms with van der Waals surface area (Å²) < 4.78 is 38.1. The maximum atomic E-state index is 13.6. The minimum atomic E-state index is -3.94. The highest BCUT2D eigenvalue weighted by molar-refractivity contribution is 7.92. The summed E-state index contributed by atoms with van der Waals surface area (Å²) in [6.45, 7) is 3.66. The van der Waals surface area contributed by atoms with Crippen LogP contribution in [0.15, 0.2) is 29.2 Å². The van der Waals surface area contributed by atoms with Crippen LogP contribution in [0.1, 0.15) is 26.7 Å². The highest BCUT2D eigenvalue weighted by Crippen LogP contribution is 2.26. The summed E-state index contributed by atoms with van der Waals surface area (Å²) in [5.74, 6) is -1.08. The predicted molar refractivity (Wildman–Crippen MR) is 67.1 cm³/mol. The fraction of sp³-hybridized carbons (Fsp3) is 0.462. The van der Waals surface area contributed by atoms with E-state index in [9.17, 15) is 12.8 Å². The van der Waals surface area contributed by atoms with E-state index >= 15 is 0 Å². The van der Waals surface area contributed by atoms with Gasteiger partial charge in [0.1, 0.15) is 10.7 Å². The summed E-state index contributed by atoms with van der Waals surface area (Å²) in [7, 11) is -3.94. The van der Waals surface area contributed by atoms with E-state index in [2.05, 4.69) is 0 Å². The lowest BCUT2D eigenvalue weighted by Crippen LogP contribution is -2.28. The number of halogens is 1. The minimum Gasteiger partial charge on any atom is -0.222 e. The average molecular weight is 269 g/mol. The van der Waals surface area contributed by atoms with Crippen molar-refractivity contribution in [1.82, 2.24) is 0 Å². The van der Waals surface area contributed by atoms with Gasteiger partial charge in [0, 0.05) is 0 Å². The van der Waals surface area contributed by atoms with Crippen molar-refractivity contribution in [2.75, 3.05) is 0 Å². The van der Waals surface area contributed by atoms with Crippen LogP contribution >= 0.6 is 0 Å². The molecule has 0 bridgehead atoms. The van der Waals surface area contributed by atoms with E-state index in [1.807, 2.05) is 19.9 Å². The van der Waals surface area contributed by atoms with E-state index in [4.69, 9.17) is 5.26 Å². The molecule has 0 heterocycles. The Labute approximate surface area is 107 Å². The van der Waals surface area contributed by atoms with Gasteiger partial charge in [0.25, 0.3) is 0 Å². The smallest absolute Gasteiger partial charge is 0.197 e. The molecule has 0 spiro atoms. The first-order chi connectivity index (χ1) is 8.48. The molecule has 18 heavy (non-hydrogen) atoms. The summed E-state index contributed by atoms with van der Waals surface area (Å²) in [5.41, 5.74) is 0. The van der Waals surface area contributed by atoms with Gasteiger partial charge in [-0.05, 0) is 18.1 Å². The Morgan fingerprint density at radius 3 is 2.28 bits per heavy atom. The first-order valence-electron chi connectivity index (χ1n) is 5.87. The number of hydrogen-bond donors (Lipinski definition) is 0. The monoisotopic (exact) mass is 269 g/mol. The molecule has 0 aliphatic heterocycles. The molecule has 1 aromatic carbocycles. The number of sulfone groups is 1. The van der Waals surface area contributed by atoms with Gasteiger partial charge in [-0.3, -0.25) is 0 Å². The van der Waals surface area contributed by atoms with E-state index in [0.717, 1.165) is 6.07 Å². The van der Waals surface area contributed by atoms with Crippen molar-refractivity contribution in [2.45, 2.75) is 36.8 Å². The molecule has 1 aromatic rings. The van der Waals surface area contributed by atoms with E-state index in [1.54, 1.807) is 0 Å². The topological polar surface area (TPSA) is 57.9 Å².